The van der Waals surface area contributed by atoms with Crippen LogP contribution in [0.5, 0.6) is 0 Å². The Balaban J connectivity index is 0.00000128. The molecule has 5 heteroatoms. The lowest BCUT2D eigenvalue weighted by Gasteiger charge is -2.04. The van der Waals surface area contributed by atoms with Crippen LogP contribution in [0.2, 0.25) is 0 Å². The van der Waals surface area contributed by atoms with E-state index in [4.69, 9.17) is 0 Å². The third-order valence-electron chi connectivity index (χ3n) is 2.43. The molecular formula is C11H17ClN4. The van der Waals surface area contributed by atoms with E-state index in [1.54, 1.807) is 0 Å². The minimum atomic E-state index is 0. The maximum atomic E-state index is 4.30. The Hall–Kier alpha value is -1.26. The van der Waals surface area contributed by atoms with Crippen molar-refractivity contribution in [3.05, 3.63) is 42.0 Å². The van der Waals surface area contributed by atoms with Crippen molar-refractivity contribution in [3.8, 4) is 0 Å². The van der Waals surface area contributed by atoms with Crippen LogP contribution in [0, 0.1) is 0 Å². The van der Waals surface area contributed by atoms with E-state index in [1.807, 2.05) is 24.0 Å². The number of halogens is 1. The highest BCUT2D eigenvalue weighted by atomic mass is 35.5. The van der Waals surface area contributed by atoms with Crippen molar-refractivity contribution < 1.29 is 0 Å². The van der Waals surface area contributed by atoms with Crippen LogP contribution in [0.1, 0.15) is 11.4 Å². The van der Waals surface area contributed by atoms with Crippen LogP contribution in [-0.2, 0) is 27.2 Å². The third-order valence-corrected chi connectivity index (χ3v) is 2.43. The van der Waals surface area contributed by atoms with E-state index in [0.29, 0.717) is 0 Å². The van der Waals surface area contributed by atoms with Crippen LogP contribution < -0.4 is 5.32 Å². The maximum absolute atomic E-state index is 4.30. The molecule has 0 radical (unpaired) electrons. The van der Waals surface area contributed by atoms with Crippen molar-refractivity contribution in [2.24, 2.45) is 14.1 Å². The van der Waals surface area contributed by atoms with Gasteiger partial charge >= 0.3 is 0 Å². The highest BCUT2D eigenvalue weighted by molar-refractivity contribution is 5.85. The number of hydrogen-bond donors (Lipinski definition) is 1. The predicted octanol–water partition coefficient (Wildman–Crippen LogP) is 1.47. The number of rotatable bonds is 4. The summed E-state index contributed by atoms with van der Waals surface area (Å²) in [6.45, 7) is 1.69. The van der Waals surface area contributed by atoms with Crippen molar-refractivity contribution in [1.29, 1.82) is 0 Å². The summed E-state index contributed by atoms with van der Waals surface area (Å²) in [5, 5.41) is 7.66. The minimum absolute atomic E-state index is 0. The van der Waals surface area contributed by atoms with Gasteiger partial charge in [0.05, 0.1) is 5.69 Å². The lowest BCUT2D eigenvalue weighted by Crippen LogP contribution is -2.15. The summed E-state index contributed by atoms with van der Waals surface area (Å²) in [5.74, 6) is 0. The van der Waals surface area contributed by atoms with Gasteiger partial charge in [0.15, 0.2) is 0 Å². The largest absolute Gasteiger partial charge is 0.353 e. The van der Waals surface area contributed by atoms with Crippen LogP contribution in [-0.4, -0.2) is 14.3 Å². The average molecular weight is 241 g/mol. The summed E-state index contributed by atoms with van der Waals surface area (Å²) in [6.07, 6.45) is 4.01. The van der Waals surface area contributed by atoms with Gasteiger partial charge in [-0.25, -0.2) is 0 Å². The molecule has 16 heavy (non-hydrogen) atoms. The highest BCUT2D eigenvalue weighted by Crippen LogP contribution is 1.99. The SMILES string of the molecule is Cl.Cn1ccc(CNCc2cccn2C)n1. The van der Waals surface area contributed by atoms with Gasteiger partial charge < -0.3 is 9.88 Å². The first-order valence-electron chi connectivity index (χ1n) is 5.05. The second-order valence-electron chi connectivity index (χ2n) is 3.69. The van der Waals surface area contributed by atoms with Crippen molar-refractivity contribution >= 4 is 12.4 Å². The number of aryl methyl sites for hydroxylation is 2. The molecule has 0 spiro atoms. The van der Waals surface area contributed by atoms with Gasteiger partial charge in [0.1, 0.15) is 0 Å². The number of hydrogen-bond acceptors (Lipinski definition) is 2. The molecule has 0 fully saturated rings. The van der Waals surface area contributed by atoms with E-state index in [-0.39, 0.29) is 12.4 Å². The highest BCUT2D eigenvalue weighted by Gasteiger charge is 1.98. The van der Waals surface area contributed by atoms with Gasteiger partial charge in [0.25, 0.3) is 0 Å². The Labute approximate surface area is 102 Å². The Morgan fingerprint density at radius 1 is 1.19 bits per heavy atom. The fourth-order valence-electron chi connectivity index (χ4n) is 1.56. The van der Waals surface area contributed by atoms with Gasteiger partial charge in [-0.05, 0) is 18.2 Å². The molecule has 2 rings (SSSR count). The molecule has 2 aromatic rings. The molecule has 0 aliphatic rings. The molecule has 0 unspecified atom stereocenters. The van der Waals surface area contributed by atoms with Crippen LogP contribution in [0.15, 0.2) is 30.6 Å². The van der Waals surface area contributed by atoms with Crippen LogP contribution in [0.4, 0.5) is 0 Å². The first-order valence-corrected chi connectivity index (χ1v) is 5.05. The monoisotopic (exact) mass is 240 g/mol. The fraction of sp³-hybridized carbons (Fsp3) is 0.364. The van der Waals surface area contributed by atoms with Crippen molar-refractivity contribution in [3.63, 3.8) is 0 Å². The molecule has 0 amide bonds. The van der Waals surface area contributed by atoms with Crippen LogP contribution in [0.25, 0.3) is 0 Å². The second-order valence-corrected chi connectivity index (χ2v) is 3.69. The normalized spacial score (nSPS) is 10.1. The number of nitrogens with zero attached hydrogens (tertiary/aromatic N) is 3. The van der Waals surface area contributed by atoms with Crippen LogP contribution >= 0.6 is 12.4 Å². The minimum Gasteiger partial charge on any atom is -0.353 e. The lowest BCUT2D eigenvalue weighted by atomic mass is 10.4. The van der Waals surface area contributed by atoms with Crippen molar-refractivity contribution in [2.75, 3.05) is 0 Å². The molecule has 0 saturated heterocycles. The molecule has 0 bridgehead atoms. The lowest BCUT2D eigenvalue weighted by molar-refractivity contribution is 0.632. The van der Waals surface area contributed by atoms with Gasteiger partial charge in [-0.2, -0.15) is 5.10 Å². The molecule has 0 saturated carbocycles. The van der Waals surface area contributed by atoms with Gasteiger partial charge in [0, 0.05) is 45.3 Å². The summed E-state index contributed by atoms with van der Waals surface area (Å²) < 4.78 is 3.94. The molecule has 4 nitrogen and oxygen atoms in total. The molecule has 0 aromatic carbocycles. The Morgan fingerprint density at radius 2 is 2.00 bits per heavy atom. The molecule has 0 aliphatic carbocycles. The summed E-state index contributed by atoms with van der Waals surface area (Å²) in [4.78, 5) is 0. The zero-order valence-corrected chi connectivity index (χ0v) is 10.4. The second kappa shape index (κ2) is 5.72. The summed E-state index contributed by atoms with van der Waals surface area (Å²) >= 11 is 0. The average Bonchev–Trinajstić information content (AvgIpc) is 2.77. The zero-order valence-electron chi connectivity index (χ0n) is 9.55. The fourth-order valence-corrected chi connectivity index (χ4v) is 1.56. The van der Waals surface area contributed by atoms with E-state index in [1.165, 1.54) is 5.69 Å². The Kier molecular flexibility index (Phi) is 4.58. The molecule has 2 heterocycles. The van der Waals surface area contributed by atoms with E-state index in [9.17, 15) is 0 Å². The van der Waals surface area contributed by atoms with Gasteiger partial charge in [-0.15, -0.1) is 12.4 Å². The Bertz CT molecular complexity index is 433. The van der Waals surface area contributed by atoms with Gasteiger partial charge in [-0.3, -0.25) is 4.68 Å². The van der Waals surface area contributed by atoms with Crippen LogP contribution in [0.3, 0.4) is 0 Å². The van der Waals surface area contributed by atoms with Gasteiger partial charge in [-0.1, -0.05) is 0 Å². The maximum Gasteiger partial charge on any atom is 0.0762 e. The summed E-state index contributed by atoms with van der Waals surface area (Å²) in [5.41, 5.74) is 2.36. The smallest absolute Gasteiger partial charge is 0.0762 e. The molecular weight excluding hydrogens is 224 g/mol. The van der Waals surface area contributed by atoms with E-state index in [0.717, 1.165) is 18.8 Å². The predicted molar refractivity (Wildman–Crippen MR) is 66.4 cm³/mol. The topological polar surface area (TPSA) is 34.8 Å². The third kappa shape index (κ3) is 3.12. The first-order chi connectivity index (χ1) is 7.25. The standard InChI is InChI=1S/C11H16N4.ClH/c1-14-6-3-4-11(14)9-12-8-10-5-7-15(2)13-10;/h3-7,12H,8-9H2,1-2H3;1H. The van der Waals surface area contributed by atoms with E-state index >= 15 is 0 Å². The Morgan fingerprint density at radius 3 is 2.56 bits per heavy atom. The number of aromatic nitrogens is 3. The number of nitrogens with one attached hydrogen (secondary N) is 1. The quantitative estimate of drug-likeness (QED) is 0.879. The molecule has 0 atom stereocenters. The summed E-state index contributed by atoms with van der Waals surface area (Å²) in [7, 11) is 3.98. The van der Waals surface area contributed by atoms with Crippen molar-refractivity contribution in [2.45, 2.75) is 13.1 Å². The van der Waals surface area contributed by atoms with Gasteiger partial charge in [0.2, 0.25) is 0 Å². The van der Waals surface area contributed by atoms with E-state index in [2.05, 4.69) is 40.4 Å². The molecule has 1 N–H and O–H groups in total. The summed E-state index contributed by atoms with van der Waals surface area (Å²) in [6, 6.07) is 6.20. The molecule has 88 valence electrons. The first kappa shape index (κ1) is 12.8. The molecule has 2 aromatic heterocycles. The van der Waals surface area contributed by atoms with E-state index < -0.39 is 0 Å². The zero-order chi connectivity index (χ0) is 10.7. The van der Waals surface area contributed by atoms with Crippen molar-refractivity contribution in [1.82, 2.24) is 19.7 Å². The molecule has 0 aliphatic heterocycles.